The summed E-state index contributed by atoms with van der Waals surface area (Å²) >= 11 is 0. The number of carbonyl (C=O) groups is 1. The number of ether oxygens (including phenoxy) is 1. The van der Waals surface area contributed by atoms with E-state index in [0.717, 1.165) is 49.8 Å². The predicted octanol–water partition coefficient (Wildman–Crippen LogP) is 6.02. The zero-order valence-electron chi connectivity index (χ0n) is 15.5. The van der Waals surface area contributed by atoms with E-state index in [2.05, 4.69) is 48.5 Å². The van der Waals surface area contributed by atoms with E-state index in [1.165, 1.54) is 16.7 Å². The number of rotatable bonds is 2. The summed E-state index contributed by atoms with van der Waals surface area (Å²) in [6, 6.07) is 20.9. The third-order valence-electron chi connectivity index (χ3n) is 6.52. The average Bonchev–Trinajstić information content (AvgIpc) is 3.33. The van der Waals surface area contributed by atoms with Crippen molar-refractivity contribution in [1.29, 1.82) is 0 Å². The second-order valence-electron chi connectivity index (χ2n) is 8.03. The van der Waals surface area contributed by atoms with Crippen LogP contribution in [0.5, 0.6) is 0 Å². The van der Waals surface area contributed by atoms with E-state index in [-0.39, 0.29) is 17.3 Å². The van der Waals surface area contributed by atoms with Gasteiger partial charge in [-0.15, -0.1) is 0 Å². The minimum Gasteiger partial charge on any atom is -0.426 e. The maximum atomic E-state index is 13.3. The number of hydrogen-bond donors (Lipinski definition) is 0. The van der Waals surface area contributed by atoms with Gasteiger partial charge in [0.05, 0.1) is 5.41 Å². The Kier molecular flexibility index (Phi) is 4.00. The van der Waals surface area contributed by atoms with E-state index < -0.39 is 0 Å². The van der Waals surface area contributed by atoms with Crippen molar-refractivity contribution < 1.29 is 9.53 Å². The van der Waals surface area contributed by atoms with Gasteiger partial charge in [0, 0.05) is 5.92 Å². The minimum atomic E-state index is -0.359. The van der Waals surface area contributed by atoms with Crippen molar-refractivity contribution in [2.75, 3.05) is 0 Å². The quantitative estimate of drug-likeness (QED) is 0.615. The molecule has 2 aromatic carbocycles. The molecular formula is C25H24O2. The molecular weight excluding hydrogens is 332 g/mol. The number of carbonyl (C=O) groups excluding carboxylic acids is 1. The molecule has 0 amide bonds. The molecule has 0 saturated heterocycles. The fourth-order valence-corrected chi connectivity index (χ4v) is 5.31. The van der Waals surface area contributed by atoms with Gasteiger partial charge in [-0.1, -0.05) is 73.5 Å². The number of benzene rings is 2. The third-order valence-corrected chi connectivity index (χ3v) is 6.52. The standard InChI is InChI=1S/C25H24O2/c26-24-25(15-7-8-16-25)22(19-11-5-2-6-12-19)21-14-13-20(23(21)27-24)17-18-9-3-1-4-10-18/h1-6,9-12,17,22H,7-8,13-16H2. The second-order valence-corrected chi connectivity index (χ2v) is 8.03. The molecule has 1 saturated carbocycles. The van der Waals surface area contributed by atoms with Gasteiger partial charge >= 0.3 is 5.97 Å². The summed E-state index contributed by atoms with van der Waals surface area (Å²) in [5.41, 5.74) is 4.57. The molecule has 2 heteroatoms. The monoisotopic (exact) mass is 356 g/mol. The van der Waals surface area contributed by atoms with E-state index in [0.29, 0.717) is 0 Å². The molecule has 0 bridgehead atoms. The van der Waals surface area contributed by atoms with E-state index >= 15 is 0 Å². The maximum absolute atomic E-state index is 13.3. The van der Waals surface area contributed by atoms with Crippen LogP contribution in [0, 0.1) is 5.41 Å². The van der Waals surface area contributed by atoms with E-state index in [9.17, 15) is 4.79 Å². The SMILES string of the molecule is O=C1OC2=C(CCC2=Cc2ccccc2)C(c2ccccc2)C12CCCC2. The first kappa shape index (κ1) is 16.6. The predicted molar refractivity (Wildman–Crippen MR) is 107 cm³/mol. The molecule has 2 nitrogen and oxygen atoms in total. The van der Waals surface area contributed by atoms with Crippen molar-refractivity contribution >= 4 is 12.0 Å². The molecule has 1 atom stereocenters. The first-order chi connectivity index (χ1) is 13.3. The van der Waals surface area contributed by atoms with Gasteiger partial charge in [-0.2, -0.15) is 0 Å². The molecule has 2 aromatic rings. The van der Waals surface area contributed by atoms with Gasteiger partial charge in [-0.25, -0.2) is 0 Å². The van der Waals surface area contributed by atoms with Crippen molar-refractivity contribution in [1.82, 2.24) is 0 Å². The van der Waals surface area contributed by atoms with Crippen LogP contribution in [0.1, 0.15) is 55.6 Å². The Hall–Kier alpha value is -2.61. The van der Waals surface area contributed by atoms with Crippen LogP contribution < -0.4 is 0 Å². The molecule has 136 valence electrons. The summed E-state index contributed by atoms with van der Waals surface area (Å²) in [5, 5.41) is 0. The zero-order valence-corrected chi connectivity index (χ0v) is 15.5. The molecule has 1 aliphatic heterocycles. The summed E-state index contributed by atoms with van der Waals surface area (Å²) in [7, 11) is 0. The fourth-order valence-electron chi connectivity index (χ4n) is 5.31. The van der Waals surface area contributed by atoms with Crippen molar-refractivity contribution in [3.63, 3.8) is 0 Å². The van der Waals surface area contributed by atoms with Gasteiger partial charge in [-0.05, 0) is 54.0 Å². The molecule has 1 heterocycles. The van der Waals surface area contributed by atoms with Crippen molar-refractivity contribution in [3.8, 4) is 0 Å². The Morgan fingerprint density at radius 3 is 2.26 bits per heavy atom. The molecule has 1 unspecified atom stereocenters. The second kappa shape index (κ2) is 6.53. The smallest absolute Gasteiger partial charge is 0.318 e. The van der Waals surface area contributed by atoms with Crippen LogP contribution in [0.3, 0.4) is 0 Å². The van der Waals surface area contributed by atoms with Gasteiger partial charge in [-0.3, -0.25) is 4.79 Å². The highest BCUT2D eigenvalue weighted by Gasteiger charge is 2.55. The van der Waals surface area contributed by atoms with Gasteiger partial charge < -0.3 is 4.74 Å². The van der Waals surface area contributed by atoms with Gasteiger partial charge in [0.2, 0.25) is 0 Å². The van der Waals surface area contributed by atoms with Crippen LogP contribution in [0.2, 0.25) is 0 Å². The molecule has 0 aromatic heterocycles. The average molecular weight is 356 g/mol. The van der Waals surface area contributed by atoms with Crippen LogP contribution in [-0.4, -0.2) is 5.97 Å². The lowest BCUT2D eigenvalue weighted by atomic mass is 9.66. The molecule has 3 aliphatic rings. The van der Waals surface area contributed by atoms with Crippen LogP contribution in [-0.2, 0) is 9.53 Å². The maximum Gasteiger partial charge on any atom is 0.318 e. The summed E-state index contributed by atoms with van der Waals surface area (Å²) in [6.07, 6.45) is 8.25. The highest BCUT2D eigenvalue weighted by atomic mass is 16.5. The largest absolute Gasteiger partial charge is 0.426 e. The third kappa shape index (κ3) is 2.66. The first-order valence-electron chi connectivity index (χ1n) is 10.0. The molecule has 0 radical (unpaired) electrons. The van der Waals surface area contributed by atoms with E-state index in [1.807, 2.05) is 18.2 Å². The number of allylic oxidation sites excluding steroid dienone is 2. The summed E-state index contributed by atoms with van der Waals surface area (Å²) in [6.45, 7) is 0. The summed E-state index contributed by atoms with van der Waals surface area (Å²) in [4.78, 5) is 13.3. The number of hydrogen-bond acceptors (Lipinski definition) is 2. The van der Waals surface area contributed by atoms with Crippen LogP contribution in [0.15, 0.2) is 77.6 Å². The first-order valence-corrected chi connectivity index (χ1v) is 10.0. The van der Waals surface area contributed by atoms with Crippen LogP contribution in [0.4, 0.5) is 0 Å². The Morgan fingerprint density at radius 1 is 0.889 bits per heavy atom. The Morgan fingerprint density at radius 2 is 1.56 bits per heavy atom. The molecule has 5 rings (SSSR count). The Bertz CT molecular complexity index is 915. The van der Waals surface area contributed by atoms with Crippen LogP contribution >= 0.6 is 0 Å². The Labute approximate surface area is 160 Å². The van der Waals surface area contributed by atoms with E-state index in [1.54, 1.807) is 0 Å². The molecule has 1 fully saturated rings. The minimum absolute atomic E-state index is 0.00605. The topological polar surface area (TPSA) is 26.3 Å². The molecule has 1 spiro atoms. The zero-order chi connectivity index (χ0) is 18.3. The Balaban J connectivity index is 1.64. The van der Waals surface area contributed by atoms with Crippen molar-refractivity contribution in [3.05, 3.63) is 88.7 Å². The summed E-state index contributed by atoms with van der Waals surface area (Å²) < 4.78 is 6.06. The van der Waals surface area contributed by atoms with E-state index in [4.69, 9.17) is 4.74 Å². The van der Waals surface area contributed by atoms with Gasteiger partial charge in [0.1, 0.15) is 5.76 Å². The van der Waals surface area contributed by atoms with Gasteiger partial charge in [0.15, 0.2) is 0 Å². The molecule has 27 heavy (non-hydrogen) atoms. The van der Waals surface area contributed by atoms with Crippen molar-refractivity contribution in [2.45, 2.75) is 44.4 Å². The number of esters is 1. The van der Waals surface area contributed by atoms with Crippen molar-refractivity contribution in [2.24, 2.45) is 5.41 Å². The molecule has 2 aliphatic carbocycles. The lowest BCUT2D eigenvalue weighted by molar-refractivity contribution is -0.154. The highest BCUT2D eigenvalue weighted by molar-refractivity contribution is 5.84. The lowest BCUT2D eigenvalue weighted by Crippen LogP contribution is -2.40. The van der Waals surface area contributed by atoms with Crippen LogP contribution in [0.25, 0.3) is 6.08 Å². The fraction of sp³-hybridized carbons (Fsp3) is 0.320. The molecule has 0 N–H and O–H groups in total. The summed E-state index contributed by atoms with van der Waals surface area (Å²) in [5.74, 6) is 1.02. The highest BCUT2D eigenvalue weighted by Crippen LogP contribution is 2.59. The normalized spacial score (nSPS) is 25.1. The van der Waals surface area contributed by atoms with Gasteiger partial charge in [0.25, 0.3) is 0 Å². The lowest BCUT2D eigenvalue weighted by Gasteiger charge is -2.40.